The monoisotopic (exact) mass is 175 g/mol. The number of hydrogen-bond acceptors (Lipinski definition) is 4. The maximum absolute atomic E-state index is 10.7. The van der Waals surface area contributed by atoms with E-state index >= 15 is 0 Å². The molecule has 2 rings (SSSR count). The number of carboxylic acids is 1. The number of aromatic nitrogens is 3. The molecule has 0 saturated carbocycles. The zero-order chi connectivity index (χ0) is 9.26. The van der Waals surface area contributed by atoms with Gasteiger partial charge in [0.1, 0.15) is 17.4 Å². The van der Waals surface area contributed by atoms with Crippen LogP contribution in [0.5, 0.6) is 0 Å². The maximum Gasteiger partial charge on any atom is 0.338 e. The van der Waals surface area contributed by atoms with Crippen molar-refractivity contribution in [1.29, 1.82) is 0 Å². The Bertz CT molecular complexity index is 464. The van der Waals surface area contributed by atoms with Crippen molar-refractivity contribution in [3.8, 4) is 0 Å². The average molecular weight is 175 g/mol. The molecule has 13 heavy (non-hydrogen) atoms. The summed E-state index contributed by atoms with van der Waals surface area (Å²) in [5.41, 5.74) is 1.000. The molecule has 0 bridgehead atoms. The lowest BCUT2D eigenvalue weighted by molar-refractivity contribution is 0.0698. The van der Waals surface area contributed by atoms with E-state index in [1.54, 1.807) is 0 Å². The van der Waals surface area contributed by atoms with Gasteiger partial charge in [-0.2, -0.15) is 0 Å². The van der Waals surface area contributed by atoms with Gasteiger partial charge in [-0.15, -0.1) is 0 Å². The molecule has 0 fully saturated rings. The van der Waals surface area contributed by atoms with Gasteiger partial charge in [0.2, 0.25) is 0 Å². The minimum atomic E-state index is -1.01. The van der Waals surface area contributed by atoms with Gasteiger partial charge in [-0.05, 0) is 6.07 Å². The maximum atomic E-state index is 10.7. The summed E-state index contributed by atoms with van der Waals surface area (Å²) in [7, 11) is 0. The van der Waals surface area contributed by atoms with Crippen molar-refractivity contribution < 1.29 is 9.90 Å². The fourth-order valence-electron chi connectivity index (χ4n) is 1.07. The van der Waals surface area contributed by atoms with E-state index in [1.165, 1.54) is 24.8 Å². The van der Waals surface area contributed by atoms with E-state index in [4.69, 9.17) is 5.11 Å². The fraction of sp³-hybridized carbons (Fsp3) is 0. The predicted molar refractivity (Wildman–Crippen MR) is 44.3 cm³/mol. The number of fused-ring (bicyclic) bond motifs is 1. The van der Waals surface area contributed by atoms with E-state index in [9.17, 15) is 4.79 Å². The first-order valence-electron chi connectivity index (χ1n) is 3.57. The number of rotatable bonds is 1. The van der Waals surface area contributed by atoms with Gasteiger partial charge in [-0.25, -0.2) is 14.8 Å². The zero-order valence-electron chi connectivity index (χ0n) is 6.51. The second kappa shape index (κ2) is 2.78. The molecule has 0 aliphatic rings. The summed E-state index contributed by atoms with van der Waals surface area (Å²) in [4.78, 5) is 22.3. The summed E-state index contributed by atoms with van der Waals surface area (Å²) >= 11 is 0. The molecule has 64 valence electrons. The summed E-state index contributed by atoms with van der Waals surface area (Å²) < 4.78 is 0. The van der Waals surface area contributed by atoms with E-state index < -0.39 is 5.97 Å². The van der Waals surface area contributed by atoms with Crippen LogP contribution < -0.4 is 0 Å². The largest absolute Gasteiger partial charge is 0.478 e. The SMILES string of the molecule is O=C(O)c1ccnc2cncnc12. The summed E-state index contributed by atoms with van der Waals surface area (Å²) in [5, 5.41) is 8.79. The van der Waals surface area contributed by atoms with Gasteiger partial charge in [0.15, 0.2) is 0 Å². The third kappa shape index (κ3) is 1.20. The lowest BCUT2D eigenvalue weighted by Crippen LogP contribution is -1.99. The van der Waals surface area contributed by atoms with E-state index in [2.05, 4.69) is 15.0 Å². The first-order chi connectivity index (χ1) is 6.29. The fourth-order valence-corrected chi connectivity index (χ4v) is 1.07. The van der Waals surface area contributed by atoms with Crippen LogP contribution >= 0.6 is 0 Å². The predicted octanol–water partition coefficient (Wildman–Crippen LogP) is 0.723. The third-order valence-electron chi connectivity index (χ3n) is 1.63. The number of pyridine rings is 1. The molecule has 0 aromatic carbocycles. The van der Waals surface area contributed by atoms with E-state index in [0.29, 0.717) is 11.0 Å². The Labute approximate surface area is 73.1 Å². The van der Waals surface area contributed by atoms with Gasteiger partial charge in [0, 0.05) is 6.20 Å². The molecule has 5 nitrogen and oxygen atoms in total. The van der Waals surface area contributed by atoms with Gasteiger partial charge in [0.25, 0.3) is 0 Å². The topological polar surface area (TPSA) is 76.0 Å². The molecule has 0 saturated heterocycles. The highest BCUT2D eigenvalue weighted by molar-refractivity contribution is 5.99. The Hall–Kier alpha value is -2.04. The van der Waals surface area contributed by atoms with Gasteiger partial charge in [0.05, 0.1) is 11.8 Å². The molecule has 0 amide bonds. The second-order valence-electron chi connectivity index (χ2n) is 2.42. The van der Waals surface area contributed by atoms with Crippen LogP contribution in [0.4, 0.5) is 0 Å². The number of carboxylic acid groups (broad SMARTS) is 1. The van der Waals surface area contributed by atoms with Crippen molar-refractivity contribution in [1.82, 2.24) is 15.0 Å². The molecule has 0 radical (unpaired) electrons. The van der Waals surface area contributed by atoms with Crippen molar-refractivity contribution >= 4 is 17.0 Å². The lowest BCUT2D eigenvalue weighted by atomic mass is 10.2. The van der Waals surface area contributed by atoms with Crippen LogP contribution in [0.25, 0.3) is 11.0 Å². The van der Waals surface area contributed by atoms with E-state index in [0.717, 1.165) is 0 Å². The van der Waals surface area contributed by atoms with Crippen molar-refractivity contribution in [2.45, 2.75) is 0 Å². The van der Waals surface area contributed by atoms with E-state index in [1.807, 2.05) is 0 Å². The smallest absolute Gasteiger partial charge is 0.338 e. The molecule has 2 heterocycles. The minimum absolute atomic E-state index is 0.146. The molecule has 0 atom stereocenters. The molecule has 0 aliphatic heterocycles. The van der Waals surface area contributed by atoms with Gasteiger partial charge >= 0.3 is 5.97 Å². The van der Waals surface area contributed by atoms with Crippen LogP contribution in [0.1, 0.15) is 10.4 Å². The van der Waals surface area contributed by atoms with E-state index in [-0.39, 0.29) is 5.56 Å². The summed E-state index contributed by atoms with van der Waals surface area (Å²) in [6, 6.07) is 1.41. The Morgan fingerprint density at radius 3 is 3.00 bits per heavy atom. The number of aromatic carboxylic acids is 1. The molecule has 0 aliphatic carbocycles. The summed E-state index contributed by atoms with van der Waals surface area (Å²) in [6.07, 6.45) is 4.21. The summed E-state index contributed by atoms with van der Waals surface area (Å²) in [5.74, 6) is -1.01. The number of hydrogen-bond donors (Lipinski definition) is 1. The van der Waals surface area contributed by atoms with Crippen LogP contribution in [0, 0.1) is 0 Å². The van der Waals surface area contributed by atoms with Crippen LogP contribution in [0.15, 0.2) is 24.8 Å². The molecule has 2 aromatic heterocycles. The first kappa shape index (κ1) is 7.60. The van der Waals surface area contributed by atoms with Crippen molar-refractivity contribution in [3.05, 3.63) is 30.4 Å². The number of carbonyl (C=O) groups is 1. The van der Waals surface area contributed by atoms with Crippen LogP contribution in [0.2, 0.25) is 0 Å². The highest BCUT2D eigenvalue weighted by Crippen LogP contribution is 2.11. The molecule has 5 heteroatoms. The lowest BCUT2D eigenvalue weighted by Gasteiger charge is -1.97. The Kier molecular flexibility index (Phi) is 1.63. The molecule has 1 N–H and O–H groups in total. The van der Waals surface area contributed by atoms with Gasteiger partial charge in [-0.3, -0.25) is 4.98 Å². The molecule has 0 unspecified atom stereocenters. The second-order valence-corrected chi connectivity index (χ2v) is 2.42. The third-order valence-corrected chi connectivity index (χ3v) is 1.63. The minimum Gasteiger partial charge on any atom is -0.478 e. The zero-order valence-corrected chi connectivity index (χ0v) is 6.51. The average Bonchev–Trinajstić information content (AvgIpc) is 2.17. The van der Waals surface area contributed by atoms with Gasteiger partial charge in [-0.1, -0.05) is 0 Å². The Balaban J connectivity index is 2.83. The van der Waals surface area contributed by atoms with Crippen LogP contribution in [-0.2, 0) is 0 Å². The Morgan fingerprint density at radius 1 is 1.38 bits per heavy atom. The van der Waals surface area contributed by atoms with Gasteiger partial charge < -0.3 is 5.11 Å². The standard InChI is InChI=1S/C8H5N3O2/c12-8(13)5-1-2-10-6-3-9-4-11-7(5)6/h1-4H,(H,12,13). The summed E-state index contributed by atoms with van der Waals surface area (Å²) in [6.45, 7) is 0. The van der Waals surface area contributed by atoms with Crippen molar-refractivity contribution in [2.75, 3.05) is 0 Å². The highest BCUT2D eigenvalue weighted by atomic mass is 16.4. The highest BCUT2D eigenvalue weighted by Gasteiger charge is 2.08. The van der Waals surface area contributed by atoms with Crippen molar-refractivity contribution in [3.63, 3.8) is 0 Å². The number of nitrogens with zero attached hydrogens (tertiary/aromatic N) is 3. The normalized spacial score (nSPS) is 10.2. The van der Waals surface area contributed by atoms with Crippen LogP contribution in [0.3, 0.4) is 0 Å². The quantitative estimate of drug-likeness (QED) is 0.691. The molecule has 0 spiro atoms. The Morgan fingerprint density at radius 2 is 2.23 bits per heavy atom. The molecular weight excluding hydrogens is 170 g/mol. The van der Waals surface area contributed by atoms with Crippen LogP contribution in [-0.4, -0.2) is 26.0 Å². The molecule has 2 aromatic rings. The first-order valence-corrected chi connectivity index (χ1v) is 3.57. The molecular formula is C8H5N3O2. The van der Waals surface area contributed by atoms with Crippen molar-refractivity contribution in [2.24, 2.45) is 0 Å².